The standard InChI is InChI=1S/C20H30F3N3O3/c1-14(2)25-7-9-26(10-8-25)15(3)19(27)24-17-13-16(20(21,22)23)5-6-18(17)29-12-11-28-4/h5-6,13-15H,7-12H2,1-4H3,(H,24,27). The summed E-state index contributed by atoms with van der Waals surface area (Å²) in [6, 6.07) is 3.04. The van der Waals surface area contributed by atoms with Gasteiger partial charge in [-0.05, 0) is 39.0 Å². The van der Waals surface area contributed by atoms with Crippen molar-refractivity contribution in [3.8, 4) is 5.75 Å². The number of alkyl halides is 3. The molecule has 0 bridgehead atoms. The summed E-state index contributed by atoms with van der Waals surface area (Å²) in [7, 11) is 1.50. The Morgan fingerprint density at radius 3 is 2.28 bits per heavy atom. The maximum Gasteiger partial charge on any atom is 0.416 e. The van der Waals surface area contributed by atoms with E-state index in [2.05, 4.69) is 24.1 Å². The van der Waals surface area contributed by atoms with Gasteiger partial charge >= 0.3 is 6.18 Å². The number of carbonyl (C=O) groups is 1. The monoisotopic (exact) mass is 417 g/mol. The van der Waals surface area contributed by atoms with Crippen molar-refractivity contribution in [3.63, 3.8) is 0 Å². The van der Waals surface area contributed by atoms with E-state index in [-0.39, 0.29) is 30.6 Å². The van der Waals surface area contributed by atoms with Gasteiger partial charge in [0.15, 0.2) is 0 Å². The Bertz CT molecular complexity index is 675. The quantitative estimate of drug-likeness (QED) is 0.659. The summed E-state index contributed by atoms with van der Waals surface area (Å²) >= 11 is 0. The van der Waals surface area contributed by atoms with Gasteiger partial charge in [-0.2, -0.15) is 13.2 Å². The number of anilines is 1. The van der Waals surface area contributed by atoms with Crippen LogP contribution in [-0.2, 0) is 15.7 Å². The number of hydrogen-bond acceptors (Lipinski definition) is 5. The molecule has 0 aromatic heterocycles. The van der Waals surface area contributed by atoms with Gasteiger partial charge in [-0.25, -0.2) is 0 Å². The zero-order chi connectivity index (χ0) is 21.6. The molecule has 1 fully saturated rings. The summed E-state index contributed by atoms with van der Waals surface area (Å²) in [5.74, 6) is -0.181. The van der Waals surface area contributed by atoms with Crippen molar-refractivity contribution < 1.29 is 27.4 Å². The van der Waals surface area contributed by atoms with Crippen LogP contribution in [0.15, 0.2) is 18.2 Å². The van der Waals surface area contributed by atoms with Crippen molar-refractivity contribution in [3.05, 3.63) is 23.8 Å². The van der Waals surface area contributed by atoms with Crippen LogP contribution in [0, 0.1) is 0 Å². The van der Waals surface area contributed by atoms with Crippen molar-refractivity contribution in [1.82, 2.24) is 9.80 Å². The van der Waals surface area contributed by atoms with E-state index in [4.69, 9.17) is 9.47 Å². The van der Waals surface area contributed by atoms with Gasteiger partial charge in [0, 0.05) is 39.3 Å². The van der Waals surface area contributed by atoms with Crippen LogP contribution in [0.5, 0.6) is 5.75 Å². The highest BCUT2D eigenvalue weighted by Gasteiger charge is 2.32. The Labute approximate surface area is 169 Å². The Morgan fingerprint density at radius 2 is 1.72 bits per heavy atom. The number of piperazine rings is 1. The number of nitrogens with zero attached hydrogens (tertiary/aromatic N) is 2. The molecule has 0 aliphatic carbocycles. The topological polar surface area (TPSA) is 54.0 Å². The molecule has 1 saturated heterocycles. The number of methoxy groups -OCH3 is 1. The van der Waals surface area contributed by atoms with E-state index in [1.807, 2.05) is 4.90 Å². The van der Waals surface area contributed by atoms with Crippen LogP contribution in [0.25, 0.3) is 0 Å². The molecule has 0 saturated carbocycles. The summed E-state index contributed by atoms with van der Waals surface area (Å²) in [5, 5.41) is 2.62. The van der Waals surface area contributed by atoms with Gasteiger partial charge in [0.1, 0.15) is 12.4 Å². The summed E-state index contributed by atoms with van der Waals surface area (Å²) < 4.78 is 49.7. The molecule has 164 valence electrons. The second-order valence-corrected chi connectivity index (χ2v) is 7.38. The van der Waals surface area contributed by atoms with Crippen LogP contribution < -0.4 is 10.1 Å². The van der Waals surface area contributed by atoms with Crippen LogP contribution >= 0.6 is 0 Å². The maximum absolute atomic E-state index is 13.1. The fourth-order valence-electron chi connectivity index (χ4n) is 3.21. The van der Waals surface area contributed by atoms with E-state index in [1.54, 1.807) is 6.92 Å². The number of benzene rings is 1. The molecule has 1 aromatic carbocycles. The van der Waals surface area contributed by atoms with Crippen molar-refractivity contribution in [1.29, 1.82) is 0 Å². The first-order valence-electron chi connectivity index (χ1n) is 9.75. The summed E-state index contributed by atoms with van der Waals surface area (Å²) in [6.07, 6.45) is -4.51. The molecule has 1 aliphatic rings. The highest BCUT2D eigenvalue weighted by Crippen LogP contribution is 2.35. The molecule has 1 aliphatic heterocycles. The van der Waals surface area contributed by atoms with Gasteiger partial charge < -0.3 is 14.8 Å². The van der Waals surface area contributed by atoms with Crippen LogP contribution in [0.1, 0.15) is 26.3 Å². The Hall–Kier alpha value is -1.84. The van der Waals surface area contributed by atoms with Crippen molar-refractivity contribution >= 4 is 11.6 Å². The first-order chi connectivity index (χ1) is 13.6. The van der Waals surface area contributed by atoms with Gasteiger partial charge in [-0.3, -0.25) is 14.6 Å². The minimum Gasteiger partial charge on any atom is -0.489 e. The zero-order valence-corrected chi connectivity index (χ0v) is 17.4. The highest BCUT2D eigenvalue weighted by molar-refractivity contribution is 5.96. The van der Waals surface area contributed by atoms with E-state index in [9.17, 15) is 18.0 Å². The Morgan fingerprint density at radius 1 is 1.10 bits per heavy atom. The molecule has 1 N–H and O–H groups in total. The molecule has 1 unspecified atom stereocenters. The second-order valence-electron chi connectivity index (χ2n) is 7.38. The lowest BCUT2D eigenvalue weighted by Gasteiger charge is -2.39. The molecule has 1 heterocycles. The van der Waals surface area contributed by atoms with E-state index in [0.717, 1.165) is 38.3 Å². The number of ether oxygens (including phenoxy) is 2. The molecule has 1 amide bonds. The second kappa shape index (κ2) is 10.3. The largest absolute Gasteiger partial charge is 0.489 e. The van der Waals surface area contributed by atoms with Crippen molar-refractivity contribution in [2.24, 2.45) is 0 Å². The third-order valence-corrected chi connectivity index (χ3v) is 5.12. The van der Waals surface area contributed by atoms with Crippen LogP contribution in [0.2, 0.25) is 0 Å². The first kappa shape index (κ1) is 23.4. The first-order valence-corrected chi connectivity index (χ1v) is 9.75. The van der Waals surface area contributed by atoms with Gasteiger partial charge in [0.05, 0.1) is 23.9 Å². The van der Waals surface area contributed by atoms with Crippen molar-refractivity contribution in [2.75, 3.05) is 51.8 Å². The highest BCUT2D eigenvalue weighted by atomic mass is 19.4. The molecule has 6 nitrogen and oxygen atoms in total. The SMILES string of the molecule is COCCOc1ccc(C(F)(F)F)cc1NC(=O)C(C)N1CCN(C(C)C)CC1. The lowest BCUT2D eigenvalue weighted by Crippen LogP contribution is -2.54. The van der Waals surface area contributed by atoms with E-state index < -0.39 is 17.8 Å². The normalized spacial score (nSPS) is 17.4. The van der Waals surface area contributed by atoms with E-state index in [0.29, 0.717) is 6.04 Å². The summed E-state index contributed by atoms with van der Waals surface area (Å²) in [6.45, 7) is 9.63. The summed E-state index contributed by atoms with van der Waals surface area (Å²) in [4.78, 5) is 17.1. The number of halogens is 3. The predicted octanol–water partition coefficient (Wildman–Crippen LogP) is 3.08. The van der Waals surface area contributed by atoms with Gasteiger partial charge in [0.2, 0.25) is 5.91 Å². The van der Waals surface area contributed by atoms with Gasteiger partial charge in [-0.15, -0.1) is 0 Å². The molecule has 9 heteroatoms. The van der Waals surface area contributed by atoms with E-state index >= 15 is 0 Å². The number of carbonyl (C=O) groups excluding carboxylic acids is 1. The number of nitrogens with one attached hydrogen (secondary N) is 1. The molecule has 2 rings (SSSR count). The average molecular weight is 417 g/mol. The molecular formula is C20H30F3N3O3. The fourth-order valence-corrected chi connectivity index (χ4v) is 3.21. The Kier molecular flexibility index (Phi) is 8.30. The zero-order valence-electron chi connectivity index (χ0n) is 17.4. The van der Waals surface area contributed by atoms with Gasteiger partial charge in [0.25, 0.3) is 0 Å². The smallest absolute Gasteiger partial charge is 0.416 e. The predicted molar refractivity (Wildman–Crippen MR) is 105 cm³/mol. The van der Waals surface area contributed by atoms with Gasteiger partial charge in [-0.1, -0.05) is 0 Å². The molecule has 0 spiro atoms. The lowest BCUT2D eigenvalue weighted by atomic mass is 10.1. The molecule has 29 heavy (non-hydrogen) atoms. The summed E-state index contributed by atoms with van der Waals surface area (Å²) in [5.41, 5.74) is -0.835. The molecule has 0 radical (unpaired) electrons. The Balaban J connectivity index is 2.10. The minimum absolute atomic E-state index is 0.00796. The fraction of sp³-hybridized carbons (Fsp3) is 0.650. The van der Waals surface area contributed by atoms with E-state index in [1.165, 1.54) is 13.2 Å². The van der Waals surface area contributed by atoms with Crippen LogP contribution in [0.4, 0.5) is 18.9 Å². The average Bonchev–Trinajstić information content (AvgIpc) is 2.67. The minimum atomic E-state index is -4.51. The number of hydrogen-bond donors (Lipinski definition) is 1. The third kappa shape index (κ3) is 6.58. The van der Waals surface area contributed by atoms with Crippen molar-refractivity contribution in [2.45, 2.75) is 39.0 Å². The molecular weight excluding hydrogens is 387 g/mol. The maximum atomic E-state index is 13.1. The van der Waals surface area contributed by atoms with Crippen LogP contribution in [-0.4, -0.2) is 74.3 Å². The number of rotatable bonds is 8. The number of amides is 1. The molecule has 1 atom stereocenters. The molecule has 1 aromatic rings. The third-order valence-electron chi connectivity index (χ3n) is 5.12. The van der Waals surface area contributed by atoms with Crippen LogP contribution in [0.3, 0.4) is 0 Å². The lowest BCUT2D eigenvalue weighted by molar-refractivity contribution is -0.137.